The predicted molar refractivity (Wildman–Crippen MR) is 80.1 cm³/mol. The molecule has 4 heteroatoms. The molecule has 1 aliphatic carbocycles. The number of hydrogen-bond acceptors (Lipinski definition) is 3. The average Bonchev–Trinajstić information content (AvgIpc) is 2.96. The zero-order valence-corrected chi connectivity index (χ0v) is 12.3. The van der Waals surface area contributed by atoms with E-state index in [0.717, 1.165) is 43.7 Å². The Morgan fingerprint density at radius 1 is 1.29 bits per heavy atom. The number of methoxy groups -OCH3 is 1. The van der Waals surface area contributed by atoms with Gasteiger partial charge in [0.15, 0.2) is 0 Å². The fraction of sp³-hybridized carbons (Fsp3) is 0.471. The summed E-state index contributed by atoms with van der Waals surface area (Å²) >= 11 is 0. The molecule has 1 aromatic carbocycles. The van der Waals surface area contributed by atoms with Gasteiger partial charge in [-0.05, 0) is 19.3 Å². The minimum atomic E-state index is -0.149. The molecule has 21 heavy (non-hydrogen) atoms. The van der Waals surface area contributed by atoms with Gasteiger partial charge in [0, 0.05) is 19.3 Å². The second-order valence-corrected chi connectivity index (χ2v) is 5.93. The number of benzene rings is 1. The minimum absolute atomic E-state index is 0.149. The lowest BCUT2D eigenvalue weighted by atomic mass is 10.0. The molecule has 1 aliphatic heterocycles. The number of rotatable bonds is 4. The van der Waals surface area contributed by atoms with Crippen molar-refractivity contribution in [1.82, 2.24) is 9.55 Å². The summed E-state index contributed by atoms with van der Waals surface area (Å²) in [4.78, 5) is 4.71. The molecule has 2 heterocycles. The van der Waals surface area contributed by atoms with Crippen LogP contribution in [0.5, 0.6) is 0 Å². The molecule has 1 saturated heterocycles. The quantitative estimate of drug-likeness (QED) is 0.865. The summed E-state index contributed by atoms with van der Waals surface area (Å²) in [6.07, 6.45) is 5.17. The van der Waals surface area contributed by atoms with Gasteiger partial charge in [-0.25, -0.2) is 4.98 Å². The van der Waals surface area contributed by atoms with E-state index in [4.69, 9.17) is 14.5 Å². The van der Waals surface area contributed by atoms with Gasteiger partial charge in [0.05, 0.1) is 30.4 Å². The van der Waals surface area contributed by atoms with Gasteiger partial charge in [0.2, 0.25) is 0 Å². The largest absolute Gasteiger partial charge is 0.379 e. The van der Waals surface area contributed by atoms with Crippen LogP contribution in [0.15, 0.2) is 36.7 Å². The molecule has 0 radical (unpaired) electrons. The van der Waals surface area contributed by atoms with Crippen LogP contribution in [0.25, 0.3) is 11.3 Å². The Labute approximate surface area is 124 Å². The van der Waals surface area contributed by atoms with Gasteiger partial charge < -0.3 is 14.0 Å². The van der Waals surface area contributed by atoms with Crippen LogP contribution in [-0.2, 0) is 15.1 Å². The third-order valence-electron chi connectivity index (χ3n) is 4.67. The van der Waals surface area contributed by atoms with E-state index in [1.165, 1.54) is 5.69 Å². The van der Waals surface area contributed by atoms with Crippen molar-refractivity contribution >= 4 is 0 Å². The molecule has 1 saturated carbocycles. The topological polar surface area (TPSA) is 36.3 Å². The fourth-order valence-corrected chi connectivity index (χ4v) is 3.29. The van der Waals surface area contributed by atoms with Crippen LogP contribution in [0.2, 0.25) is 0 Å². The molecule has 0 N–H and O–H groups in total. The number of hydrogen-bond donors (Lipinski definition) is 0. The van der Waals surface area contributed by atoms with Crippen molar-refractivity contribution in [2.24, 2.45) is 0 Å². The maximum atomic E-state index is 5.85. The summed E-state index contributed by atoms with van der Waals surface area (Å²) in [5.74, 6) is 0. The second-order valence-electron chi connectivity index (χ2n) is 5.93. The minimum Gasteiger partial charge on any atom is -0.379 e. The molecule has 0 bridgehead atoms. The Morgan fingerprint density at radius 3 is 2.71 bits per heavy atom. The highest BCUT2D eigenvalue weighted by molar-refractivity contribution is 5.64. The SMILES string of the molecule is COC1(c2c(-c3ccccc3)ncn2C2CCOC2)CC1. The summed E-state index contributed by atoms with van der Waals surface area (Å²) in [6.45, 7) is 1.61. The maximum Gasteiger partial charge on any atom is 0.110 e. The van der Waals surface area contributed by atoms with Gasteiger partial charge in [0.25, 0.3) is 0 Å². The van der Waals surface area contributed by atoms with Gasteiger partial charge in [-0.1, -0.05) is 30.3 Å². The van der Waals surface area contributed by atoms with E-state index >= 15 is 0 Å². The Morgan fingerprint density at radius 2 is 2.10 bits per heavy atom. The summed E-state index contributed by atoms with van der Waals surface area (Å²) in [7, 11) is 1.81. The van der Waals surface area contributed by atoms with Gasteiger partial charge in [-0.3, -0.25) is 0 Å². The van der Waals surface area contributed by atoms with Crippen molar-refractivity contribution in [3.63, 3.8) is 0 Å². The van der Waals surface area contributed by atoms with Crippen LogP contribution in [0, 0.1) is 0 Å². The molecule has 4 nitrogen and oxygen atoms in total. The summed E-state index contributed by atoms with van der Waals surface area (Å²) < 4.78 is 13.7. The number of imidazole rings is 1. The number of nitrogens with zero attached hydrogens (tertiary/aromatic N) is 2. The molecule has 1 aromatic heterocycles. The van der Waals surface area contributed by atoms with Gasteiger partial charge in [-0.2, -0.15) is 0 Å². The number of ether oxygens (including phenoxy) is 2. The van der Waals surface area contributed by atoms with Crippen molar-refractivity contribution in [2.75, 3.05) is 20.3 Å². The van der Waals surface area contributed by atoms with Crippen molar-refractivity contribution in [1.29, 1.82) is 0 Å². The van der Waals surface area contributed by atoms with E-state index < -0.39 is 0 Å². The monoisotopic (exact) mass is 284 g/mol. The first-order chi connectivity index (χ1) is 10.3. The zero-order valence-electron chi connectivity index (χ0n) is 12.3. The highest BCUT2D eigenvalue weighted by Gasteiger charge is 2.50. The molecular weight excluding hydrogens is 264 g/mol. The van der Waals surface area contributed by atoms with E-state index in [-0.39, 0.29) is 5.60 Å². The molecule has 0 amide bonds. The van der Waals surface area contributed by atoms with E-state index in [9.17, 15) is 0 Å². The summed E-state index contributed by atoms with van der Waals surface area (Å²) in [6, 6.07) is 10.8. The Kier molecular flexibility index (Phi) is 3.08. The van der Waals surface area contributed by atoms with Crippen molar-refractivity contribution in [3.05, 3.63) is 42.4 Å². The molecular formula is C17H20N2O2. The Hall–Kier alpha value is -1.65. The van der Waals surface area contributed by atoms with Crippen LogP contribution in [0.4, 0.5) is 0 Å². The first-order valence-electron chi connectivity index (χ1n) is 7.60. The molecule has 1 atom stereocenters. The smallest absolute Gasteiger partial charge is 0.110 e. The fourth-order valence-electron chi connectivity index (χ4n) is 3.29. The van der Waals surface area contributed by atoms with Crippen LogP contribution < -0.4 is 0 Å². The number of aromatic nitrogens is 2. The summed E-state index contributed by atoms with van der Waals surface area (Å²) in [5.41, 5.74) is 3.30. The predicted octanol–water partition coefficient (Wildman–Crippen LogP) is 3.15. The van der Waals surface area contributed by atoms with Crippen molar-refractivity contribution in [3.8, 4) is 11.3 Å². The normalized spacial score (nSPS) is 23.4. The lowest BCUT2D eigenvalue weighted by molar-refractivity contribution is 0.0704. The van der Waals surface area contributed by atoms with Gasteiger partial charge in [0.1, 0.15) is 5.60 Å². The standard InChI is InChI=1S/C17H20N2O2/c1-20-17(8-9-17)16-15(13-5-3-2-4-6-13)18-12-19(16)14-7-10-21-11-14/h2-6,12,14H,7-11H2,1H3. The lowest BCUT2D eigenvalue weighted by Gasteiger charge is -2.21. The molecule has 1 unspecified atom stereocenters. The highest BCUT2D eigenvalue weighted by atomic mass is 16.5. The zero-order chi connectivity index (χ0) is 14.3. The molecule has 0 spiro atoms. The van der Waals surface area contributed by atoms with Crippen LogP contribution in [0.3, 0.4) is 0 Å². The average molecular weight is 284 g/mol. The molecule has 2 aliphatic rings. The third-order valence-corrected chi connectivity index (χ3v) is 4.67. The van der Waals surface area contributed by atoms with E-state index in [2.05, 4.69) is 28.8 Å². The molecule has 2 aromatic rings. The van der Waals surface area contributed by atoms with E-state index in [1.54, 1.807) is 0 Å². The summed E-state index contributed by atoms with van der Waals surface area (Å²) in [5, 5.41) is 0. The van der Waals surface area contributed by atoms with E-state index in [0.29, 0.717) is 6.04 Å². The molecule has 110 valence electrons. The highest BCUT2D eigenvalue weighted by Crippen LogP contribution is 2.52. The van der Waals surface area contributed by atoms with Crippen molar-refractivity contribution in [2.45, 2.75) is 30.9 Å². The van der Waals surface area contributed by atoms with Crippen LogP contribution in [0.1, 0.15) is 31.0 Å². The van der Waals surface area contributed by atoms with Gasteiger partial charge in [-0.15, -0.1) is 0 Å². The van der Waals surface area contributed by atoms with Crippen LogP contribution in [-0.4, -0.2) is 29.9 Å². The Bertz CT molecular complexity index is 625. The molecule has 2 fully saturated rings. The van der Waals surface area contributed by atoms with Crippen LogP contribution >= 0.6 is 0 Å². The lowest BCUT2D eigenvalue weighted by Crippen LogP contribution is -2.20. The van der Waals surface area contributed by atoms with Gasteiger partial charge >= 0.3 is 0 Å². The first-order valence-corrected chi connectivity index (χ1v) is 7.60. The van der Waals surface area contributed by atoms with E-state index in [1.807, 2.05) is 19.5 Å². The third kappa shape index (κ3) is 2.10. The Balaban J connectivity index is 1.84. The molecule has 4 rings (SSSR count). The second kappa shape index (κ2) is 4.97. The first kappa shape index (κ1) is 13.0. The van der Waals surface area contributed by atoms with Crippen molar-refractivity contribution < 1.29 is 9.47 Å². The maximum absolute atomic E-state index is 5.85.